The van der Waals surface area contributed by atoms with Crippen LogP contribution in [0, 0.1) is 6.92 Å². The summed E-state index contributed by atoms with van der Waals surface area (Å²) in [6, 6.07) is 7.37. The molecule has 1 aromatic rings. The lowest BCUT2D eigenvalue weighted by atomic mass is 9.85. The summed E-state index contributed by atoms with van der Waals surface area (Å²) in [6.07, 6.45) is 4.81. The highest BCUT2D eigenvalue weighted by Gasteiger charge is 2.29. The molecule has 0 heterocycles. The Bertz CT molecular complexity index is 422. The van der Waals surface area contributed by atoms with Gasteiger partial charge in [0.2, 0.25) is 0 Å². The lowest BCUT2D eigenvalue weighted by molar-refractivity contribution is 0.00755. The number of urea groups is 1. The molecule has 2 rings (SSSR count). The Balaban J connectivity index is 1.79. The Morgan fingerprint density at radius 2 is 1.84 bits per heavy atom. The molecule has 4 heteroatoms. The molecule has 3 N–H and O–H groups in total. The van der Waals surface area contributed by atoms with Gasteiger partial charge in [-0.1, -0.05) is 37.0 Å². The van der Waals surface area contributed by atoms with Crippen molar-refractivity contribution in [3.05, 3.63) is 29.8 Å². The van der Waals surface area contributed by atoms with Gasteiger partial charge in [0.05, 0.1) is 5.60 Å². The highest BCUT2D eigenvalue weighted by atomic mass is 16.3. The van der Waals surface area contributed by atoms with Crippen molar-refractivity contribution in [2.45, 2.75) is 44.6 Å². The molecule has 4 nitrogen and oxygen atoms in total. The topological polar surface area (TPSA) is 61.4 Å². The van der Waals surface area contributed by atoms with Crippen molar-refractivity contribution in [3.63, 3.8) is 0 Å². The number of amides is 2. The Labute approximate surface area is 114 Å². The SMILES string of the molecule is Cc1ccc(NC(=O)NCC2(O)CCCCC2)cc1. The summed E-state index contributed by atoms with van der Waals surface area (Å²) in [6.45, 7) is 2.33. The molecule has 104 valence electrons. The maximum Gasteiger partial charge on any atom is 0.319 e. The van der Waals surface area contributed by atoms with Crippen LogP contribution < -0.4 is 10.6 Å². The lowest BCUT2D eigenvalue weighted by Gasteiger charge is -2.32. The molecule has 0 aromatic heterocycles. The number of hydrogen-bond acceptors (Lipinski definition) is 2. The van der Waals surface area contributed by atoms with Gasteiger partial charge in [-0.25, -0.2) is 4.79 Å². The number of aryl methyl sites for hydroxylation is 1. The average molecular weight is 262 g/mol. The molecule has 1 aliphatic rings. The first-order valence-corrected chi connectivity index (χ1v) is 6.91. The highest BCUT2D eigenvalue weighted by molar-refractivity contribution is 5.89. The van der Waals surface area contributed by atoms with E-state index in [4.69, 9.17) is 0 Å². The van der Waals surface area contributed by atoms with Gasteiger partial charge in [0.15, 0.2) is 0 Å². The first-order valence-electron chi connectivity index (χ1n) is 6.91. The molecule has 19 heavy (non-hydrogen) atoms. The summed E-state index contributed by atoms with van der Waals surface area (Å²) < 4.78 is 0. The molecular formula is C15H22N2O2. The largest absolute Gasteiger partial charge is 0.388 e. The summed E-state index contributed by atoms with van der Waals surface area (Å²) in [5, 5.41) is 15.8. The zero-order chi connectivity index (χ0) is 13.7. The van der Waals surface area contributed by atoms with E-state index in [1.165, 1.54) is 6.42 Å². The summed E-state index contributed by atoms with van der Waals surface area (Å²) >= 11 is 0. The van der Waals surface area contributed by atoms with Crippen molar-refractivity contribution in [1.29, 1.82) is 0 Å². The molecule has 2 amide bonds. The fourth-order valence-electron chi connectivity index (χ4n) is 2.44. The second kappa shape index (κ2) is 6.06. The molecule has 1 aromatic carbocycles. The summed E-state index contributed by atoms with van der Waals surface area (Å²) in [4.78, 5) is 11.7. The third-order valence-corrected chi connectivity index (χ3v) is 3.67. The van der Waals surface area contributed by atoms with Crippen molar-refractivity contribution in [1.82, 2.24) is 5.32 Å². The summed E-state index contributed by atoms with van der Waals surface area (Å²) in [5.74, 6) is 0. The van der Waals surface area contributed by atoms with Crippen LogP contribution in [0.1, 0.15) is 37.7 Å². The van der Waals surface area contributed by atoms with Gasteiger partial charge < -0.3 is 15.7 Å². The van der Waals surface area contributed by atoms with Crippen LogP contribution in [0.25, 0.3) is 0 Å². The zero-order valence-corrected chi connectivity index (χ0v) is 11.4. The van der Waals surface area contributed by atoms with Crippen LogP contribution in [0.4, 0.5) is 10.5 Å². The van der Waals surface area contributed by atoms with Crippen LogP contribution in [0.2, 0.25) is 0 Å². The second-order valence-corrected chi connectivity index (χ2v) is 5.46. The maximum atomic E-state index is 11.7. The number of benzene rings is 1. The maximum absolute atomic E-state index is 11.7. The van der Waals surface area contributed by atoms with Crippen LogP contribution >= 0.6 is 0 Å². The zero-order valence-electron chi connectivity index (χ0n) is 11.4. The van der Waals surface area contributed by atoms with E-state index in [9.17, 15) is 9.90 Å². The minimum Gasteiger partial charge on any atom is -0.388 e. The van der Waals surface area contributed by atoms with Crippen molar-refractivity contribution < 1.29 is 9.90 Å². The molecule has 0 unspecified atom stereocenters. The third-order valence-electron chi connectivity index (χ3n) is 3.67. The molecule has 0 spiro atoms. The fourth-order valence-corrected chi connectivity index (χ4v) is 2.44. The van der Waals surface area contributed by atoms with E-state index in [0.29, 0.717) is 6.54 Å². The van der Waals surface area contributed by atoms with E-state index >= 15 is 0 Å². The standard InChI is InChI=1S/C15H22N2O2/c1-12-5-7-13(8-6-12)17-14(18)16-11-15(19)9-3-2-4-10-15/h5-8,19H,2-4,9-11H2,1H3,(H2,16,17,18). The van der Waals surface area contributed by atoms with E-state index in [0.717, 1.165) is 36.9 Å². The molecule has 0 aliphatic heterocycles. The van der Waals surface area contributed by atoms with Crippen LogP contribution in [0.5, 0.6) is 0 Å². The number of hydrogen-bond donors (Lipinski definition) is 3. The third kappa shape index (κ3) is 4.24. The van der Waals surface area contributed by atoms with E-state index in [1.807, 2.05) is 31.2 Å². The van der Waals surface area contributed by atoms with Gasteiger partial charge in [-0.05, 0) is 31.9 Å². The average Bonchev–Trinajstić information content (AvgIpc) is 2.40. The quantitative estimate of drug-likeness (QED) is 0.784. The minimum absolute atomic E-state index is 0.261. The molecule has 0 atom stereocenters. The fraction of sp³-hybridized carbons (Fsp3) is 0.533. The highest BCUT2D eigenvalue weighted by Crippen LogP contribution is 2.27. The van der Waals surface area contributed by atoms with Gasteiger partial charge in [0.25, 0.3) is 0 Å². The van der Waals surface area contributed by atoms with Gasteiger partial charge in [0, 0.05) is 12.2 Å². The van der Waals surface area contributed by atoms with Crippen molar-refractivity contribution in [2.75, 3.05) is 11.9 Å². The Hall–Kier alpha value is -1.55. The number of rotatable bonds is 3. The molecule has 0 bridgehead atoms. The van der Waals surface area contributed by atoms with Crippen molar-refractivity contribution in [2.24, 2.45) is 0 Å². The van der Waals surface area contributed by atoms with E-state index in [1.54, 1.807) is 0 Å². The number of anilines is 1. The van der Waals surface area contributed by atoms with E-state index < -0.39 is 5.60 Å². The van der Waals surface area contributed by atoms with Crippen LogP contribution in [0.15, 0.2) is 24.3 Å². The summed E-state index contributed by atoms with van der Waals surface area (Å²) in [5.41, 5.74) is 1.20. The lowest BCUT2D eigenvalue weighted by Crippen LogP contribution is -2.45. The van der Waals surface area contributed by atoms with Gasteiger partial charge in [-0.15, -0.1) is 0 Å². The second-order valence-electron chi connectivity index (χ2n) is 5.46. The number of carbonyl (C=O) groups excluding carboxylic acids is 1. The normalized spacial score (nSPS) is 17.8. The molecule has 1 fully saturated rings. The molecule has 1 saturated carbocycles. The van der Waals surface area contributed by atoms with Gasteiger partial charge in [-0.2, -0.15) is 0 Å². The van der Waals surface area contributed by atoms with Crippen LogP contribution in [-0.4, -0.2) is 23.3 Å². The van der Waals surface area contributed by atoms with E-state index in [2.05, 4.69) is 10.6 Å². The Morgan fingerprint density at radius 3 is 2.47 bits per heavy atom. The Kier molecular flexibility index (Phi) is 4.43. The van der Waals surface area contributed by atoms with Gasteiger partial charge in [0.1, 0.15) is 0 Å². The van der Waals surface area contributed by atoms with E-state index in [-0.39, 0.29) is 6.03 Å². The number of aliphatic hydroxyl groups is 1. The van der Waals surface area contributed by atoms with Crippen molar-refractivity contribution in [3.8, 4) is 0 Å². The van der Waals surface area contributed by atoms with Crippen LogP contribution in [-0.2, 0) is 0 Å². The van der Waals surface area contributed by atoms with Gasteiger partial charge in [-0.3, -0.25) is 0 Å². The Morgan fingerprint density at radius 1 is 1.21 bits per heavy atom. The molecule has 0 radical (unpaired) electrons. The van der Waals surface area contributed by atoms with Gasteiger partial charge >= 0.3 is 6.03 Å². The molecule has 1 aliphatic carbocycles. The predicted octanol–water partition coefficient (Wildman–Crippen LogP) is 2.81. The molecule has 0 saturated heterocycles. The first kappa shape index (κ1) is 13.9. The monoisotopic (exact) mass is 262 g/mol. The van der Waals surface area contributed by atoms with Crippen LogP contribution in [0.3, 0.4) is 0 Å². The number of nitrogens with one attached hydrogen (secondary N) is 2. The predicted molar refractivity (Wildman–Crippen MR) is 76.2 cm³/mol. The molecular weight excluding hydrogens is 240 g/mol. The minimum atomic E-state index is -0.719. The smallest absolute Gasteiger partial charge is 0.319 e. The first-order chi connectivity index (χ1) is 9.07. The summed E-state index contributed by atoms with van der Waals surface area (Å²) in [7, 11) is 0. The van der Waals surface area contributed by atoms with Crippen molar-refractivity contribution >= 4 is 11.7 Å². The number of carbonyl (C=O) groups is 1.